The zero-order valence-electron chi connectivity index (χ0n) is 9.91. The Morgan fingerprint density at radius 3 is 2.83 bits per heavy atom. The minimum absolute atomic E-state index is 0.317. The van der Waals surface area contributed by atoms with Crippen molar-refractivity contribution >= 4 is 17.3 Å². The maximum Gasteiger partial charge on any atom is 0.146 e. The summed E-state index contributed by atoms with van der Waals surface area (Å²) in [5, 5.41) is 3.51. The lowest BCUT2D eigenvalue weighted by atomic mass is 10.2. The van der Waals surface area contributed by atoms with Gasteiger partial charge in [-0.15, -0.1) is 0 Å². The molecule has 2 aromatic carbocycles. The lowest BCUT2D eigenvalue weighted by Crippen LogP contribution is -2.01. The summed E-state index contributed by atoms with van der Waals surface area (Å²) in [5.74, 6) is 0.461. The van der Waals surface area contributed by atoms with Crippen molar-refractivity contribution in [2.75, 3.05) is 12.4 Å². The molecular weight excluding hydrogens is 253 g/mol. The second-order valence-corrected chi connectivity index (χ2v) is 4.27. The summed E-state index contributed by atoms with van der Waals surface area (Å²) in [5.41, 5.74) is 1.40. The average Bonchev–Trinajstić information content (AvgIpc) is 2.40. The highest BCUT2D eigenvalue weighted by atomic mass is 35.5. The molecular formula is C14H13ClFNO. The Morgan fingerprint density at radius 1 is 1.22 bits per heavy atom. The average molecular weight is 266 g/mol. The van der Waals surface area contributed by atoms with Gasteiger partial charge in [-0.05, 0) is 35.9 Å². The Labute approximate surface area is 110 Å². The van der Waals surface area contributed by atoms with E-state index in [-0.39, 0.29) is 5.82 Å². The molecule has 0 saturated heterocycles. The van der Waals surface area contributed by atoms with Gasteiger partial charge in [-0.2, -0.15) is 0 Å². The van der Waals surface area contributed by atoms with Gasteiger partial charge in [-0.3, -0.25) is 0 Å². The largest absolute Gasteiger partial charge is 0.497 e. The molecule has 94 valence electrons. The van der Waals surface area contributed by atoms with E-state index in [0.29, 0.717) is 17.3 Å². The number of hydrogen-bond acceptors (Lipinski definition) is 2. The van der Waals surface area contributed by atoms with Gasteiger partial charge in [0.05, 0.1) is 12.8 Å². The number of nitrogens with one attached hydrogen (secondary N) is 1. The summed E-state index contributed by atoms with van der Waals surface area (Å²) in [4.78, 5) is 0. The maximum absolute atomic E-state index is 13.5. The predicted molar refractivity (Wildman–Crippen MR) is 71.7 cm³/mol. The van der Waals surface area contributed by atoms with Crippen molar-refractivity contribution in [2.24, 2.45) is 0 Å². The van der Waals surface area contributed by atoms with Crippen LogP contribution in [0.1, 0.15) is 5.56 Å². The van der Waals surface area contributed by atoms with E-state index >= 15 is 0 Å². The van der Waals surface area contributed by atoms with Gasteiger partial charge in [-0.25, -0.2) is 4.39 Å². The number of anilines is 1. The molecule has 0 radical (unpaired) electrons. The summed E-state index contributed by atoms with van der Waals surface area (Å²) in [7, 11) is 1.61. The Kier molecular flexibility index (Phi) is 4.05. The van der Waals surface area contributed by atoms with Crippen molar-refractivity contribution in [1.82, 2.24) is 0 Å². The monoisotopic (exact) mass is 265 g/mol. The molecule has 2 nitrogen and oxygen atoms in total. The topological polar surface area (TPSA) is 21.3 Å². The zero-order chi connectivity index (χ0) is 13.0. The minimum Gasteiger partial charge on any atom is -0.497 e. The standard InChI is InChI=1S/C14H13ClFNO/c1-18-12-4-2-3-10(7-12)9-17-14-8-11(15)5-6-13(14)16/h2-8,17H,9H2,1H3. The van der Waals surface area contributed by atoms with Crippen LogP contribution in [0, 0.1) is 5.82 Å². The summed E-state index contributed by atoms with van der Waals surface area (Å²) in [6.07, 6.45) is 0. The molecule has 1 N–H and O–H groups in total. The number of hydrogen-bond donors (Lipinski definition) is 1. The van der Waals surface area contributed by atoms with Crippen LogP contribution in [0.2, 0.25) is 5.02 Å². The maximum atomic E-state index is 13.5. The number of ether oxygens (including phenoxy) is 1. The molecule has 2 rings (SSSR count). The van der Waals surface area contributed by atoms with E-state index in [0.717, 1.165) is 11.3 Å². The molecule has 0 amide bonds. The summed E-state index contributed by atoms with van der Waals surface area (Å²) >= 11 is 5.82. The van der Waals surface area contributed by atoms with Crippen molar-refractivity contribution in [3.63, 3.8) is 0 Å². The molecule has 0 aliphatic heterocycles. The Hall–Kier alpha value is -1.74. The fraction of sp³-hybridized carbons (Fsp3) is 0.143. The van der Waals surface area contributed by atoms with Crippen LogP contribution in [-0.2, 0) is 6.54 Å². The van der Waals surface area contributed by atoms with Crippen molar-refractivity contribution in [1.29, 1.82) is 0 Å². The van der Waals surface area contributed by atoms with Crippen LogP contribution >= 0.6 is 11.6 Å². The summed E-state index contributed by atoms with van der Waals surface area (Å²) < 4.78 is 18.6. The molecule has 0 spiro atoms. The lowest BCUT2D eigenvalue weighted by Gasteiger charge is -2.09. The van der Waals surface area contributed by atoms with Gasteiger partial charge in [0.25, 0.3) is 0 Å². The fourth-order valence-corrected chi connectivity index (χ4v) is 1.78. The molecule has 4 heteroatoms. The molecule has 2 aromatic rings. The van der Waals surface area contributed by atoms with Crippen LogP contribution in [0.4, 0.5) is 10.1 Å². The zero-order valence-corrected chi connectivity index (χ0v) is 10.7. The van der Waals surface area contributed by atoms with Crippen molar-refractivity contribution < 1.29 is 9.13 Å². The summed E-state index contributed by atoms with van der Waals surface area (Å²) in [6.45, 7) is 0.508. The van der Waals surface area contributed by atoms with Gasteiger partial charge >= 0.3 is 0 Å². The van der Waals surface area contributed by atoms with E-state index in [4.69, 9.17) is 16.3 Å². The minimum atomic E-state index is -0.317. The van der Waals surface area contributed by atoms with E-state index in [1.807, 2.05) is 24.3 Å². The van der Waals surface area contributed by atoms with Gasteiger partial charge in [-0.1, -0.05) is 23.7 Å². The molecule has 0 heterocycles. The smallest absolute Gasteiger partial charge is 0.146 e. The molecule has 18 heavy (non-hydrogen) atoms. The Bertz CT molecular complexity index is 545. The third kappa shape index (κ3) is 3.14. The van der Waals surface area contributed by atoms with Gasteiger partial charge in [0.2, 0.25) is 0 Å². The number of halogens is 2. The van der Waals surface area contributed by atoms with E-state index in [2.05, 4.69) is 5.32 Å². The van der Waals surface area contributed by atoms with E-state index < -0.39 is 0 Å². The van der Waals surface area contributed by atoms with E-state index in [1.165, 1.54) is 12.1 Å². The molecule has 0 unspecified atom stereocenters. The third-order valence-electron chi connectivity index (χ3n) is 2.55. The first-order chi connectivity index (χ1) is 8.69. The first kappa shape index (κ1) is 12.7. The highest BCUT2D eigenvalue weighted by Gasteiger charge is 2.03. The van der Waals surface area contributed by atoms with Gasteiger partial charge < -0.3 is 10.1 Å². The van der Waals surface area contributed by atoms with Crippen LogP contribution in [0.15, 0.2) is 42.5 Å². The molecule has 0 bridgehead atoms. The van der Waals surface area contributed by atoms with Gasteiger partial charge in [0.15, 0.2) is 0 Å². The van der Waals surface area contributed by atoms with Gasteiger partial charge in [0.1, 0.15) is 11.6 Å². The third-order valence-corrected chi connectivity index (χ3v) is 2.78. The molecule has 0 saturated carbocycles. The van der Waals surface area contributed by atoms with E-state index in [1.54, 1.807) is 13.2 Å². The first-order valence-corrected chi connectivity index (χ1v) is 5.88. The van der Waals surface area contributed by atoms with Crippen molar-refractivity contribution in [2.45, 2.75) is 6.54 Å². The highest BCUT2D eigenvalue weighted by Crippen LogP contribution is 2.21. The summed E-state index contributed by atoms with van der Waals surface area (Å²) in [6, 6.07) is 12.0. The number of benzene rings is 2. The number of rotatable bonds is 4. The van der Waals surface area contributed by atoms with Crippen LogP contribution in [0.3, 0.4) is 0 Å². The fourth-order valence-electron chi connectivity index (χ4n) is 1.61. The van der Waals surface area contributed by atoms with Crippen LogP contribution in [-0.4, -0.2) is 7.11 Å². The normalized spacial score (nSPS) is 10.2. The molecule has 0 aliphatic carbocycles. The molecule has 0 fully saturated rings. The van der Waals surface area contributed by atoms with Crippen molar-refractivity contribution in [3.8, 4) is 5.75 Å². The Balaban J connectivity index is 2.08. The first-order valence-electron chi connectivity index (χ1n) is 5.51. The lowest BCUT2D eigenvalue weighted by molar-refractivity contribution is 0.414. The van der Waals surface area contributed by atoms with Crippen molar-refractivity contribution in [3.05, 3.63) is 58.9 Å². The van der Waals surface area contributed by atoms with E-state index in [9.17, 15) is 4.39 Å². The van der Waals surface area contributed by atoms with Crippen LogP contribution < -0.4 is 10.1 Å². The molecule has 0 aromatic heterocycles. The Morgan fingerprint density at radius 2 is 2.06 bits per heavy atom. The predicted octanol–water partition coefficient (Wildman–Crippen LogP) is 4.10. The SMILES string of the molecule is COc1cccc(CNc2cc(Cl)ccc2F)c1. The second kappa shape index (κ2) is 5.74. The highest BCUT2D eigenvalue weighted by molar-refractivity contribution is 6.30. The second-order valence-electron chi connectivity index (χ2n) is 3.83. The molecule has 0 aliphatic rings. The van der Waals surface area contributed by atoms with Crippen LogP contribution in [0.25, 0.3) is 0 Å². The van der Waals surface area contributed by atoms with Gasteiger partial charge in [0, 0.05) is 11.6 Å². The molecule has 0 atom stereocenters. The van der Waals surface area contributed by atoms with Crippen LogP contribution in [0.5, 0.6) is 5.75 Å². The number of methoxy groups -OCH3 is 1. The quantitative estimate of drug-likeness (QED) is 0.899.